The van der Waals surface area contributed by atoms with Gasteiger partial charge in [-0.15, -0.1) is 0 Å². The highest BCUT2D eigenvalue weighted by Gasteiger charge is 2.06. The molecule has 1 N–H and O–H groups in total. The Balaban J connectivity index is 1.87. The summed E-state index contributed by atoms with van der Waals surface area (Å²) in [5.41, 5.74) is 3.99. The zero-order valence-electron chi connectivity index (χ0n) is 11.1. The molecule has 21 heavy (non-hydrogen) atoms. The number of benzene rings is 2. The summed E-state index contributed by atoms with van der Waals surface area (Å²) in [6, 6.07) is 15.2. The number of nitro benzene ring substituents is 1. The fourth-order valence-electron chi connectivity index (χ4n) is 1.68. The lowest BCUT2D eigenvalue weighted by atomic mass is 10.1. The Bertz CT molecular complexity index is 652. The maximum atomic E-state index is 11.7. The standard InChI is InChI=1S/C15H13N3O3/c19-15(17-16-11-13-4-2-1-3-5-13)10-12-6-8-14(9-7-12)18(20)21/h1-9,11H,10H2,(H,17,19)/b16-11-. The van der Waals surface area contributed by atoms with Crippen molar-refractivity contribution in [2.24, 2.45) is 5.10 Å². The molecule has 2 rings (SSSR count). The molecule has 0 aliphatic carbocycles. The van der Waals surface area contributed by atoms with Gasteiger partial charge in [0, 0.05) is 12.1 Å². The molecule has 0 spiro atoms. The number of non-ortho nitro benzene ring substituents is 1. The van der Waals surface area contributed by atoms with Crippen molar-refractivity contribution in [1.29, 1.82) is 0 Å². The van der Waals surface area contributed by atoms with E-state index >= 15 is 0 Å². The van der Waals surface area contributed by atoms with Gasteiger partial charge in [-0.2, -0.15) is 5.10 Å². The number of hydrogen-bond donors (Lipinski definition) is 1. The lowest BCUT2D eigenvalue weighted by Crippen LogP contribution is -2.19. The van der Waals surface area contributed by atoms with Crippen molar-refractivity contribution in [2.45, 2.75) is 6.42 Å². The number of carbonyl (C=O) groups is 1. The van der Waals surface area contributed by atoms with Crippen LogP contribution in [0.25, 0.3) is 0 Å². The topological polar surface area (TPSA) is 84.6 Å². The highest BCUT2D eigenvalue weighted by atomic mass is 16.6. The maximum absolute atomic E-state index is 11.7. The number of nitro groups is 1. The summed E-state index contributed by atoms with van der Waals surface area (Å²) in [5, 5.41) is 14.4. The largest absolute Gasteiger partial charge is 0.273 e. The van der Waals surface area contributed by atoms with Crippen LogP contribution in [-0.2, 0) is 11.2 Å². The van der Waals surface area contributed by atoms with Crippen LogP contribution in [0.5, 0.6) is 0 Å². The lowest BCUT2D eigenvalue weighted by Gasteiger charge is -2.00. The highest BCUT2D eigenvalue weighted by molar-refractivity contribution is 5.83. The van der Waals surface area contributed by atoms with Crippen LogP contribution in [0.3, 0.4) is 0 Å². The second-order valence-corrected chi connectivity index (χ2v) is 4.30. The van der Waals surface area contributed by atoms with Crippen LogP contribution in [0.15, 0.2) is 59.7 Å². The molecule has 6 heteroatoms. The molecule has 106 valence electrons. The van der Waals surface area contributed by atoms with Gasteiger partial charge in [0.25, 0.3) is 5.69 Å². The van der Waals surface area contributed by atoms with E-state index < -0.39 is 4.92 Å². The Morgan fingerprint density at radius 2 is 1.81 bits per heavy atom. The minimum Gasteiger partial charge on any atom is -0.273 e. The van der Waals surface area contributed by atoms with Crippen molar-refractivity contribution < 1.29 is 9.72 Å². The average Bonchev–Trinajstić information content (AvgIpc) is 2.49. The Labute approximate surface area is 121 Å². The number of nitrogens with zero attached hydrogens (tertiary/aromatic N) is 2. The predicted octanol–water partition coefficient (Wildman–Crippen LogP) is 2.29. The SMILES string of the molecule is O=C(Cc1ccc([N+](=O)[O-])cc1)N/N=C\c1ccccc1. The van der Waals surface area contributed by atoms with Crippen LogP contribution >= 0.6 is 0 Å². The summed E-state index contributed by atoms with van der Waals surface area (Å²) in [5.74, 6) is -0.281. The quantitative estimate of drug-likeness (QED) is 0.519. The molecule has 0 saturated heterocycles. The molecule has 0 aromatic heterocycles. The molecular formula is C15H13N3O3. The number of carbonyl (C=O) groups excluding carboxylic acids is 1. The smallest absolute Gasteiger partial charge is 0.269 e. The number of nitrogens with one attached hydrogen (secondary N) is 1. The molecule has 0 aliphatic heterocycles. The molecule has 0 atom stereocenters. The molecule has 6 nitrogen and oxygen atoms in total. The molecule has 0 unspecified atom stereocenters. The predicted molar refractivity (Wildman–Crippen MR) is 79.0 cm³/mol. The van der Waals surface area contributed by atoms with Crippen molar-refractivity contribution in [3.8, 4) is 0 Å². The van der Waals surface area contributed by atoms with Gasteiger partial charge in [0.15, 0.2) is 0 Å². The Morgan fingerprint density at radius 3 is 2.43 bits per heavy atom. The van der Waals surface area contributed by atoms with Crippen LogP contribution in [0.4, 0.5) is 5.69 Å². The monoisotopic (exact) mass is 283 g/mol. The van der Waals surface area contributed by atoms with E-state index in [1.807, 2.05) is 30.3 Å². The molecule has 0 heterocycles. The molecule has 1 amide bonds. The minimum absolute atomic E-state index is 0.00116. The summed E-state index contributed by atoms with van der Waals surface area (Å²) >= 11 is 0. The Morgan fingerprint density at radius 1 is 1.14 bits per heavy atom. The van der Waals surface area contributed by atoms with Gasteiger partial charge in [0.1, 0.15) is 0 Å². The second kappa shape index (κ2) is 6.95. The van der Waals surface area contributed by atoms with Crippen molar-refractivity contribution in [1.82, 2.24) is 5.43 Å². The Kier molecular flexibility index (Phi) is 4.76. The van der Waals surface area contributed by atoms with Crippen LogP contribution in [0.2, 0.25) is 0 Å². The van der Waals surface area contributed by atoms with Gasteiger partial charge < -0.3 is 0 Å². The first-order chi connectivity index (χ1) is 10.1. The van der Waals surface area contributed by atoms with E-state index in [4.69, 9.17) is 0 Å². The van der Waals surface area contributed by atoms with Crippen molar-refractivity contribution in [3.05, 3.63) is 75.8 Å². The van der Waals surface area contributed by atoms with Crippen LogP contribution < -0.4 is 5.43 Å². The number of rotatable bonds is 5. The summed E-state index contributed by atoms with van der Waals surface area (Å²) in [7, 11) is 0. The van der Waals surface area contributed by atoms with Crippen LogP contribution in [-0.4, -0.2) is 17.0 Å². The van der Waals surface area contributed by atoms with Gasteiger partial charge in [0.2, 0.25) is 5.91 Å². The molecule has 2 aromatic carbocycles. The third-order valence-electron chi connectivity index (χ3n) is 2.71. The van der Waals surface area contributed by atoms with Gasteiger partial charge in [-0.05, 0) is 11.1 Å². The van der Waals surface area contributed by atoms with E-state index in [1.165, 1.54) is 12.1 Å². The Hall–Kier alpha value is -3.02. The fourth-order valence-corrected chi connectivity index (χ4v) is 1.68. The van der Waals surface area contributed by atoms with Gasteiger partial charge >= 0.3 is 0 Å². The first-order valence-electron chi connectivity index (χ1n) is 6.25. The van der Waals surface area contributed by atoms with Gasteiger partial charge in [-0.1, -0.05) is 42.5 Å². The van der Waals surface area contributed by atoms with Gasteiger partial charge in [-0.3, -0.25) is 14.9 Å². The number of hydrazone groups is 1. The van der Waals surface area contributed by atoms with Crippen molar-refractivity contribution >= 4 is 17.8 Å². The first kappa shape index (κ1) is 14.4. The van der Waals surface area contributed by atoms with Crippen LogP contribution in [0, 0.1) is 10.1 Å². The van der Waals surface area contributed by atoms with Gasteiger partial charge in [0.05, 0.1) is 17.6 Å². The minimum atomic E-state index is -0.478. The third kappa shape index (κ3) is 4.54. The molecule has 0 fully saturated rings. The van der Waals surface area contributed by atoms with E-state index in [0.29, 0.717) is 5.56 Å². The number of amides is 1. The zero-order valence-corrected chi connectivity index (χ0v) is 11.1. The molecule has 2 aromatic rings. The normalized spacial score (nSPS) is 10.5. The highest BCUT2D eigenvalue weighted by Crippen LogP contribution is 2.12. The van der Waals surface area contributed by atoms with Crippen molar-refractivity contribution in [3.63, 3.8) is 0 Å². The van der Waals surface area contributed by atoms with E-state index in [1.54, 1.807) is 18.3 Å². The summed E-state index contributed by atoms with van der Waals surface area (Å²) in [6.45, 7) is 0. The van der Waals surface area contributed by atoms with Gasteiger partial charge in [-0.25, -0.2) is 5.43 Å². The molecule has 0 bridgehead atoms. The summed E-state index contributed by atoms with van der Waals surface area (Å²) in [4.78, 5) is 21.7. The lowest BCUT2D eigenvalue weighted by molar-refractivity contribution is -0.384. The number of hydrogen-bond acceptors (Lipinski definition) is 4. The molecule has 0 radical (unpaired) electrons. The van der Waals surface area contributed by atoms with Crippen molar-refractivity contribution in [2.75, 3.05) is 0 Å². The molecule has 0 aliphatic rings. The zero-order chi connectivity index (χ0) is 15.1. The summed E-state index contributed by atoms with van der Waals surface area (Å²) in [6.07, 6.45) is 1.66. The first-order valence-corrected chi connectivity index (χ1v) is 6.25. The summed E-state index contributed by atoms with van der Waals surface area (Å²) < 4.78 is 0. The molecular weight excluding hydrogens is 270 g/mol. The van der Waals surface area contributed by atoms with E-state index in [0.717, 1.165) is 5.56 Å². The second-order valence-electron chi connectivity index (χ2n) is 4.30. The third-order valence-corrected chi connectivity index (χ3v) is 2.71. The van der Waals surface area contributed by atoms with E-state index in [2.05, 4.69) is 10.5 Å². The van der Waals surface area contributed by atoms with E-state index in [9.17, 15) is 14.9 Å². The van der Waals surface area contributed by atoms with Crippen LogP contribution in [0.1, 0.15) is 11.1 Å². The maximum Gasteiger partial charge on any atom is 0.269 e. The fraction of sp³-hybridized carbons (Fsp3) is 0.0667. The molecule has 0 saturated carbocycles. The average molecular weight is 283 g/mol. The van der Waals surface area contributed by atoms with E-state index in [-0.39, 0.29) is 18.0 Å².